The molecule has 5 heteroatoms. The summed E-state index contributed by atoms with van der Waals surface area (Å²) in [5.74, 6) is 0.179. The van der Waals surface area contributed by atoms with Gasteiger partial charge in [-0.05, 0) is 30.4 Å². The maximum absolute atomic E-state index is 12.8. The van der Waals surface area contributed by atoms with Gasteiger partial charge in [0.1, 0.15) is 5.82 Å². The van der Waals surface area contributed by atoms with Crippen molar-refractivity contribution in [2.45, 2.75) is 38.5 Å². The van der Waals surface area contributed by atoms with Gasteiger partial charge in [-0.15, -0.1) is 0 Å². The molecule has 1 aliphatic heterocycles. The van der Waals surface area contributed by atoms with Crippen LogP contribution in [0.3, 0.4) is 0 Å². The van der Waals surface area contributed by atoms with Crippen LogP contribution < -0.4 is 5.73 Å². The quantitative estimate of drug-likeness (QED) is 0.919. The zero-order valence-corrected chi connectivity index (χ0v) is 15.0. The Morgan fingerprint density at radius 1 is 1.28 bits per heavy atom. The second-order valence-corrected chi connectivity index (χ2v) is 6.73. The third-order valence-electron chi connectivity index (χ3n) is 5.01. The highest BCUT2D eigenvalue weighted by Gasteiger charge is 2.40. The Balaban J connectivity index is 2.21. The van der Waals surface area contributed by atoms with Crippen molar-refractivity contribution in [1.82, 2.24) is 10.0 Å². The number of nitriles is 1. The number of nitrogens with two attached hydrogens (primary N) is 1. The van der Waals surface area contributed by atoms with Crippen molar-refractivity contribution in [3.63, 3.8) is 0 Å². The van der Waals surface area contributed by atoms with Gasteiger partial charge in [-0.3, -0.25) is 9.80 Å². The predicted molar refractivity (Wildman–Crippen MR) is 96.8 cm³/mol. The second-order valence-electron chi connectivity index (χ2n) is 6.73. The first-order valence-corrected chi connectivity index (χ1v) is 8.71. The molecule has 0 bridgehead atoms. The number of hydrogen-bond donors (Lipinski definition) is 1. The number of allylic oxidation sites excluding steroid dienone is 3. The number of carbonyl (C=O) groups excluding carboxylic acids is 1. The van der Waals surface area contributed by atoms with Crippen LogP contribution in [0.15, 0.2) is 46.9 Å². The summed E-state index contributed by atoms with van der Waals surface area (Å²) >= 11 is 0. The fourth-order valence-corrected chi connectivity index (χ4v) is 3.80. The molecule has 1 aromatic rings. The van der Waals surface area contributed by atoms with Crippen LogP contribution >= 0.6 is 0 Å². The van der Waals surface area contributed by atoms with Gasteiger partial charge in [-0.2, -0.15) is 5.26 Å². The normalized spacial score (nSPS) is 20.8. The van der Waals surface area contributed by atoms with E-state index in [1.807, 2.05) is 36.2 Å². The summed E-state index contributed by atoms with van der Waals surface area (Å²) in [6, 6.07) is 10.4. The first kappa shape index (κ1) is 17.2. The number of carbonyl (C=O) groups is 1. The van der Waals surface area contributed by atoms with Crippen LogP contribution in [0.5, 0.6) is 0 Å². The van der Waals surface area contributed by atoms with Gasteiger partial charge >= 0.3 is 0 Å². The van der Waals surface area contributed by atoms with Crippen molar-refractivity contribution in [2.75, 3.05) is 14.1 Å². The molecule has 0 unspecified atom stereocenters. The van der Waals surface area contributed by atoms with Crippen molar-refractivity contribution in [3.05, 3.63) is 58.1 Å². The topological polar surface area (TPSA) is 73.4 Å². The Kier molecular flexibility index (Phi) is 4.65. The average molecular weight is 336 g/mol. The van der Waals surface area contributed by atoms with Gasteiger partial charge in [0.25, 0.3) is 0 Å². The lowest BCUT2D eigenvalue weighted by Gasteiger charge is -2.42. The molecule has 130 valence electrons. The van der Waals surface area contributed by atoms with E-state index in [-0.39, 0.29) is 11.7 Å². The molecule has 1 heterocycles. The lowest BCUT2D eigenvalue weighted by atomic mass is 9.76. The van der Waals surface area contributed by atoms with Crippen molar-refractivity contribution in [1.29, 1.82) is 5.26 Å². The molecule has 0 spiro atoms. The van der Waals surface area contributed by atoms with Crippen molar-refractivity contribution in [3.8, 4) is 6.07 Å². The minimum absolute atomic E-state index is 0.123. The molecular weight excluding hydrogens is 312 g/mol. The molecule has 0 amide bonds. The highest BCUT2D eigenvalue weighted by molar-refractivity contribution is 5.99. The van der Waals surface area contributed by atoms with E-state index in [2.05, 4.69) is 25.1 Å². The third-order valence-corrected chi connectivity index (χ3v) is 5.01. The number of nitrogens with zero attached hydrogens (tertiary/aromatic N) is 3. The fourth-order valence-electron chi connectivity index (χ4n) is 3.80. The molecule has 1 atom stereocenters. The molecular formula is C20H24N4O. The maximum Gasteiger partial charge on any atom is 0.161 e. The molecule has 0 aromatic heterocycles. The van der Waals surface area contributed by atoms with Crippen LogP contribution in [0.25, 0.3) is 0 Å². The molecule has 2 aliphatic rings. The number of ketones is 1. The van der Waals surface area contributed by atoms with Crippen LogP contribution in [0.4, 0.5) is 0 Å². The summed E-state index contributed by atoms with van der Waals surface area (Å²) in [4.78, 5) is 12.8. The first-order chi connectivity index (χ1) is 12.0. The predicted octanol–water partition coefficient (Wildman–Crippen LogP) is 2.83. The van der Waals surface area contributed by atoms with Crippen LogP contribution in [0, 0.1) is 11.3 Å². The summed E-state index contributed by atoms with van der Waals surface area (Å²) in [6.45, 7) is 2.11. The standard InChI is InChI=1S/C20H24N4O/c1-4-13-8-10-14(11-9-13)18-15(12-21)20(22)24(23(2)3)16-6-5-7-17(25)19(16)18/h8-11,18H,4-7,22H2,1-3H3/t18-/m1/s1. The largest absolute Gasteiger partial charge is 0.383 e. The summed E-state index contributed by atoms with van der Waals surface area (Å²) in [6.07, 6.45) is 3.10. The van der Waals surface area contributed by atoms with E-state index in [0.29, 0.717) is 17.8 Å². The highest BCUT2D eigenvalue weighted by Crippen LogP contribution is 2.44. The van der Waals surface area contributed by atoms with Crippen LogP contribution in [0.2, 0.25) is 0 Å². The zero-order valence-electron chi connectivity index (χ0n) is 15.0. The van der Waals surface area contributed by atoms with Gasteiger partial charge in [-0.1, -0.05) is 31.2 Å². The lowest BCUT2D eigenvalue weighted by Crippen LogP contribution is -2.45. The molecule has 1 aromatic carbocycles. The Labute approximate surface area is 149 Å². The summed E-state index contributed by atoms with van der Waals surface area (Å²) in [5.41, 5.74) is 10.7. The van der Waals surface area contributed by atoms with E-state index in [4.69, 9.17) is 5.73 Å². The smallest absolute Gasteiger partial charge is 0.161 e. The van der Waals surface area contributed by atoms with Gasteiger partial charge in [0.2, 0.25) is 0 Å². The third kappa shape index (κ3) is 2.83. The molecule has 0 saturated heterocycles. The minimum atomic E-state index is -0.366. The number of hydrazine groups is 1. The number of Topliss-reactive ketones (excluding diaryl/α,β-unsaturated/α-hetero) is 1. The van der Waals surface area contributed by atoms with E-state index in [1.165, 1.54) is 5.56 Å². The van der Waals surface area contributed by atoms with Gasteiger partial charge in [0.05, 0.1) is 17.6 Å². The van der Waals surface area contributed by atoms with Crippen molar-refractivity contribution < 1.29 is 4.79 Å². The molecule has 0 fully saturated rings. The van der Waals surface area contributed by atoms with Crippen molar-refractivity contribution >= 4 is 5.78 Å². The molecule has 5 nitrogen and oxygen atoms in total. The number of hydrogen-bond acceptors (Lipinski definition) is 5. The summed E-state index contributed by atoms with van der Waals surface area (Å²) < 4.78 is 0. The highest BCUT2D eigenvalue weighted by atomic mass is 16.1. The first-order valence-electron chi connectivity index (χ1n) is 8.71. The van der Waals surface area contributed by atoms with E-state index in [1.54, 1.807) is 0 Å². The molecule has 0 saturated carbocycles. The maximum atomic E-state index is 12.8. The van der Waals surface area contributed by atoms with Crippen LogP contribution in [0.1, 0.15) is 43.2 Å². The molecule has 2 N–H and O–H groups in total. The lowest BCUT2D eigenvalue weighted by molar-refractivity contribution is -0.116. The van der Waals surface area contributed by atoms with E-state index in [0.717, 1.165) is 36.1 Å². The van der Waals surface area contributed by atoms with Gasteiger partial charge in [0, 0.05) is 31.8 Å². The summed E-state index contributed by atoms with van der Waals surface area (Å²) in [5, 5.41) is 13.5. The second kappa shape index (κ2) is 6.73. The Bertz CT molecular complexity index is 796. The van der Waals surface area contributed by atoms with E-state index in [9.17, 15) is 10.1 Å². The van der Waals surface area contributed by atoms with Crippen molar-refractivity contribution in [2.24, 2.45) is 5.73 Å². The molecule has 25 heavy (non-hydrogen) atoms. The van der Waals surface area contributed by atoms with Gasteiger partial charge in [0.15, 0.2) is 5.78 Å². The zero-order chi connectivity index (χ0) is 18.1. The van der Waals surface area contributed by atoms with E-state index < -0.39 is 0 Å². The molecule has 3 rings (SSSR count). The van der Waals surface area contributed by atoms with Gasteiger partial charge in [-0.25, -0.2) is 5.01 Å². The fraction of sp³-hybridized carbons (Fsp3) is 0.400. The minimum Gasteiger partial charge on any atom is -0.383 e. The van der Waals surface area contributed by atoms with Gasteiger partial charge < -0.3 is 5.73 Å². The van der Waals surface area contributed by atoms with E-state index >= 15 is 0 Å². The monoisotopic (exact) mass is 336 g/mol. The number of aryl methyl sites for hydroxylation is 1. The molecule has 1 aliphatic carbocycles. The number of benzene rings is 1. The summed E-state index contributed by atoms with van der Waals surface area (Å²) in [7, 11) is 3.75. The number of rotatable bonds is 3. The SMILES string of the molecule is CCc1ccc([C@@H]2C(C#N)=C(N)N(N(C)C)C3=C2C(=O)CCC3)cc1. The average Bonchev–Trinajstić information content (AvgIpc) is 2.60. The Morgan fingerprint density at radius 3 is 2.52 bits per heavy atom. The van der Waals surface area contributed by atoms with Crippen LogP contribution in [-0.4, -0.2) is 29.9 Å². The molecule has 0 radical (unpaired) electrons. The Hall–Kier alpha value is -2.58. The van der Waals surface area contributed by atoms with Crippen LogP contribution in [-0.2, 0) is 11.2 Å². The Morgan fingerprint density at radius 2 is 1.96 bits per heavy atom.